The van der Waals surface area contributed by atoms with Gasteiger partial charge in [-0.2, -0.15) is 5.10 Å². The van der Waals surface area contributed by atoms with Crippen molar-refractivity contribution in [2.75, 3.05) is 0 Å². The fourth-order valence-electron chi connectivity index (χ4n) is 2.03. The highest BCUT2D eigenvalue weighted by atomic mass is 127. The largest absolute Gasteiger partial charge is 0.370 e. The van der Waals surface area contributed by atoms with Crippen LogP contribution in [0.15, 0.2) is 11.2 Å². The Balaban J connectivity index is 0.00000144. The van der Waals surface area contributed by atoms with Crippen molar-refractivity contribution in [2.24, 2.45) is 10.7 Å². The molecular formula is C11H20IN5. The molecule has 1 saturated carbocycles. The topological polar surface area (TPSA) is 79.1 Å². The second-order valence-electron chi connectivity index (χ2n) is 4.35. The number of halogens is 1. The van der Waals surface area contributed by atoms with Gasteiger partial charge in [0.05, 0.1) is 12.7 Å². The van der Waals surface area contributed by atoms with Crippen LogP contribution in [0.4, 0.5) is 0 Å². The van der Waals surface area contributed by atoms with Crippen molar-refractivity contribution in [1.82, 2.24) is 15.5 Å². The van der Waals surface area contributed by atoms with Gasteiger partial charge >= 0.3 is 0 Å². The molecule has 1 aromatic rings. The molecule has 0 bridgehead atoms. The number of nitrogens with one attached hydrogen (secondary N) is 2. The lowest BCUT2D eigenvalue weighted by Crippen LogP contribution is -2.38. The van der Waals surface area contributed by atoms with Gasteiger partial charge in [0, 0.05) is 17.3 Å². The normalized spacial score (nSPS) is 16.9. The van der Waals surface area contributed by atoms with Crippen molar-refractivity contribution in [3.63, 3.8) is 0 Å². The van der Waals surface area contributed by atoms with Gasteiger partial charge in [-0.05, 0) is 19.8 Å². The maximum Gasteiger partial charge on any atom is 0.189 e. The summed E-state index contributed by atoms with van der Waals surface area (Å²) < 4.78 is 0. The summed E-state index contributed by atoms with van der Waals surface area (Å²) in [5.74, 6) is 0.549. The van der Waals surface area contributed by atoms with Gasteiger partial charge in [0.25, 0.3) is 0 Å². The highest BCUT2D eigenvalue weighted by Crippen LogP contribution is 2.17. The van der Waals surface area contributed by atoms with E-state index in [1.54, 1.807) is 6.20 Å². The molecule has 4 N–H and O–H groups in total. The van der Waals surface area contributed by atoms with Gasteiger partial charge in [0.15, 0.2) is 5.96 Å². The van der Waals surface area contributed by atoms with Crippen LogP contribution >= 0.6 is 24.0 Å². The quantitative estimate of drug-likeness (QED) is 0.441. The first kappa shape index (κ1) is 14.3. The standard InChI is InChI=1S/C11H19N5.HI/c1-8-9(7-14-16-8)6-13-11(12)15-10-4-2-3-5-10;/h7,10H,2-6H2,1H3,(H,14,16)(H3,12,13,15);1H. The number of nitrogens with zero attached hydrogens (tertiary/aromatic N) is 2. The van der Waals surface area contributed by atoms with E-state index < -0.39 is 0 Å². The first-order valence-corrected chi connectivity index (χ1v) is 5.81. The number of aryl methyl sites for hydroxylation is 1. The van der Waals surface area contributed by atoms with Crippen LogP contribution in [0.25, 0.3) is 0 Å². The Morgan fingerprint density at radius 2 is 2.29 bits per heavy atom. The van der Waals surface area contributed by atoms with Crippen molar-refractivity contribution in [3.8, 4) is 0 Å². The maximum atomic E-state index is 5.83. The Labute approximate surface area is 119 Å². The second kappa shape index (κ2) is 6.83. The Kier molecular flexibility index (Phi) is 5.73. The van der Waals surface area contributed by atoms with E-state index in [1.807, 2.05) is 6.92 Å². The molecule has 17 heavy (non-hydrogen) atoms. The zero-order valence-electron chi connectivity index (χ0n) is 10.1. The molecule has 0 aromatic carbocycles. The molecule has 0 atom stereocenters. The smallest absolute Gasteiger partial charge is 0.189 e. The highest BCUT2D eigenvalue weighted by molar-refractivity contribution is 14.0. The molecule has 0 aliphatic heterocycles. The lowest BCUT2D eigenvalue weighted by Gasteiger charge is -2.11. The van der Waals surface area contributed by atoms with Crippen LogP contribution in [0.2, 0.25) is 0 Å². The third-order valence-electron chi connectivity index (χ3n) is 3.06. The van der Waals surface area contributed by atoms with E-state index >= 15 is 0 Å². The van der Waals surface area contributed by atoms with E-state index in [0.717, 1.165) is 11.3 Å². The molecule has 1 aliphatic rings. The zero-order chi connectivity index (χ0) is 11.4. The van der Waals surface area contributed by atoms with Gasteiger partial charge in [-0.15, -0.1) is 24.0 Å². The molecular weight excluding hydrogens is 329 g/mol. The number of aromatic nitrogens is 2. The van der Waals surface area contributed by atoms with E-state index in [2.05, 4.69) is 20.5 Å². The van der Waals surface area contributed by atoms with Crippen LogP contribution < -0.4 is 11.1 Å². The van der Waals surface area contributed by atoms with Crippen LogP contribution in [-0.2, 0) is 6.54 Å². The maximum absolute atomic E-state index is 5.83. The third-order valence-corrected chi connectivity index (χ3v) is 3.06. The lowest BCUT2D eigenvalue weighted by molar-refractivity contribution is 0.625. The predicted octanol–water partition coefficient (Wildman–Crippen LogP) is 1.68. The molecule has 6 heteroatoms. The van der Waals surface area contributed by atoms with Crippen molar-refractivity contribution in [2.45, 2.75) is 45.2 Å². The number of nitrogens with two attached hydrogens (primary N) is 1. The summed E-state index contributed by atoms with van der Waals surface area (Å²) in [5, 5.41) is 10.1. The molecule has 1 heterocycles. The third kappa shape index (κ3) is 4.18. The van der Waals surface area contributed by atoms with E-state index in [4.69, 9.17) is 5.73 Å². The molecule has 0 saturated heterocycles. The van der Waals surface area contributed by atoms with Gasteiger partial charge in [0.1, 0.15) is 0 Å². The van der Waals surface area contributed by atoms with Crippen LogP contribution in [0.3, 0.4) is 0 Å². The number of H-pyrrole nitrogens is 1. The summed E-state index contributed by atoms with van der Waals surface area (Å²) in [4.78, 5) is 4.31. The van der Waals surface area contributed by atoms with E-state index in [0.29, 0.717) is 18.5 Å². The molecule has 5 nitrogen and oxygen atoms in total. The summed E-state index contributed by atoms with van der Waals surface area (Å²) in [7, 11) is 0. The second-order valence-corrected chi connectivity index (χ2v) is 4.35. The first-order valence-electron chi connectivity index (χ1n) is 5.81. The summed E-state index contributed by atoms with van der Waals surface area (Å²) in [5.41, 5.74) is 7.98. The molecule has 2 rings (SSSR count). The zero-order valence-corrected chi connectivity index (χ0v) is 12.4. The Hall–Kier alpha value is -0.790. The Bertz CT molecular complexity index is 368. The SMILES string of the molecule is Cc1[nH]ncc1CN=C(N)NC1CCCC1.I. The van der Waals surface area contributed by atoms with E-state index in [-0.39, 0.29) is 24.0 Å². The van der Waals surface area contributed by atoms with E-state index in [9.17, 15) is 0 Å². The average molecular weight is 349 g/mol. The average Bonchev–Trinajstić information content (AvgIpc) is 2.87. The number of guanidine groups is 1. The molecule has 0 radical (unpaired) electrons. The molecule has 1 aromatic heterocycles. The Morgan fingerprint density at radius 1 is 1.59 bits per heavy atom. The van der Waals surface area contributed by atoms with Gasteiger partial charge in [-0.3, -0.25) is 5.10 Å². The fourth-order valence-corrected chi connectivity index (χ4v) is 2.03. The van der Waals surface area contributed by atoms with Gasteiger partial charge in [0.2, 0.25) is 0 Å². The van der Waals surface area contributed by atoms with Gasteiger partial charge < -0.3 is 11.1 Å². The summed E-state index contributed by atoms with van der Waals surface area (Å²) in [6.45, 7) is 2.58. The van der Waals surface area contributed by atoms with Crippen LogP contribution in [-0.4, -0.2) is 22.2 Å². The Morgan fingerprint density at radius 3 is 2.88 bits per heavy atom. The summed E-state index contributed by atoms with van der Waals surface area (Å²) >= 11 is 0. The van der Waals surface area contributed by atoms with Crippen LogP contribution in [0.1, 0.15) is 36.9 Å². The van der Waals surface area contributed by atoms with E-state index in [1.165, 1.54) is 25.7 Å². The molecule has 1 aliphatic carbocycles. The molecule has 96 valence electrons. The van der Waals surface area contributed by atoms with Gasteiger partial charge in [-0.25, -0.2) is 4.99 Å². The number of hydrogen-bond donors (Lipinski definition) is 3. The van der Waals surface area contributed by atoms with Crippen LogP contribution in [0.5, 0.6) is 0 Å². The summed E-state index contributed by atoms with van der Waals surface area (Å²) in [6.07, 6.45) is 6.81. The lowest BCUT2D eigenvalue weighted by atomic mass is 10.2. The fraction of sp³-hybridized carbons (Fsp3) is 0.636. The van der Waals surface area contributed by atoms with Crippen molar-refractivity contribution < 1.29 is 0 Å². The minimum atomic E-state index is 0. The highest BCUT2D eigenvalue weighted by Gasteiger charge is 2.14. The number of aliphatic imine (C=N–C) groups is 1. The van der Waals surface area contributed by atoms with Crippen molar-refractivity contribution in [3.05, 3.63) is 17.5 Å². The summed E-state index contributed by atoms with van der Waals surface area (Å²) in [6, 6.07) is 0.522. The predicted molar refractivity (Wildman–Crippen MR) is 79.5 cm³/mol. The van der Waals surface area contributed by atoms with Gasteiger partial charge in [-0.1, -0.05) is 12.8 Å². The molecule has 1 fully saturated rings. The monoisotopic (exact) mass is 349 g/mol. The molecule has 0 spiro atoms. The van der Waals surface area contributed by atoms with Crippen LogP contribution in [0, 0.1) is 6.92 Å². The number of hydrogen-bond acceptors (Lipinski definition) is 2. The number of aromatic amines is 1. The first-order chi connectivity index (χ1) is 7.75. The number of rotatable bonds is 3. The van der Waals surface area contributed by atoms with Crippen molar-refractivity contribution >= 4 is 29.9 Å². The van der Waals surface area contributed by atoms with Crippen molar-refractivity contribution in [1.29, 1.82) is 0 Å². The minimum Gasteiger partial charge on any atom is -0.370 e. The minimum absolute atomic E-state index is 0. The molecule has 0 unspecified atom stereocenters. The molecule has 0 amide bonds.